The molecule has 15 heavy (non-hydrogen) atoms. The fraction of sp³-hybridized carbons (Fsp3) is 0.222. The van der Waals surface area contributed by atoms with E-state index in [2.05, 4.69) is 4.98 Å². The van der Waals surface area contributed by atoms with Gasteiger partial charge >= 0.3 is 5.82 Å². The molecule has 78 valence electrons. The van der Waals surface area contributed by atoms with Crippen LogP contribution in [-0.2, 0) is 6.42 Å². The molecule has 0 amide bonds. The maximum atomic E-state index is 10.7. The van der Waals surface area contributed by atoms with Gasteiger partial charge in [0.25, 0.3) is 0 Å². The number of nitrogen functional groups attached to an aromatic ring is 1. The lowest BCUT2D eigenvalue weighted by Gasteiger charge is -1.96. The van der Waals surface area contributed by atoms with Gasteiger partial charge in [0, 0.05) is 18.3 Å². The standard InChI is InChI=1S/C9H10N4O2/c1-2-8-11-9(13(14)15)7-4-3-6(10)5-12(7)8/h3-5H,2,10H2,1H3. The third-order valence-corrected chi connectivity index (χ3v) is 2.20. The highest BCUT2D eigenvalue weighted by molar-refractivity contribution is 5.64. The van der Waals surface area contributed by atoms with E-state index >= 15 is 0 Å². The molecule has 2 aromatic rings. The van der Waals surface area contributed by atoms with Crippen LogP contribution in [0.4, 0.5) is 11.5 Å². The minimum Gasteiger partial charge on any atom is -0.398 e. The summed E-state index contributed by atoms with van der Waals surface area (Å²) in [4.78, 5) is 14.2. The number of hydrogen-bond donors (Lipinski definition) is 1. The molecular formula is C9H10N4O2. The fourth-order valence-corrected chi connectivity index (χ4v) is 1.53. The summed E-state index contributed by atoms with van der Waals surface area (Å²) in [7, 11) is 0. The van der Waals surface area contributed by atoms with Crippen molar-refractivity contribution in [2.24, 2.45) is 0 Å². The van der Waals surface area contributed by atoms with Crippen molar-refractivity contribution in [1.29, 1.82) is 0 Å². The van der Waals surface area contributed by atoms with E-state index in [9.17, 15) is 10.1 Å². The molecule has 0 unspecified atom stereocenters. The molecule has 0 fully saturated rings. The Balaban J connectivity index is 2.81. The van der Waals surface area contributed by atoms with E-state index in [1.54, 1.807) is 22.7 Å². The third-order valence-electron chi connectivity index (χ3n) is 2.20. The SMILES string of the molecule is CCc1nc([N+](=O)[O-])c2ccc(N)cn12. The Morgan fingerprint density at radius 3 is 2.93 bits per heavy atom. The monoisotopic (exact) mass is 206 g/mol. The van der Waals surface area contributed by atoms with Crippen LogP contribution in [0.1, 0.15) is 12.7 Å². The Morgan fingerprint density at radius 1 is 1.60 bits per heavy atom. The number of nitrogens with zero attached hydrogens (tertiary/aromatic N) is 3. The largest absolute Gasteiger partial charge is 0.398 e. The number of aromatic nitrogens is 2. The fourth-order valence-electron chi connectivity index (χ4n) is 1.53. The van der Waals surface area contributed by atoms with Gasteiger partial charge in [-0.2, -0.15) is 0 Å². The first-order valence-electron chi connectivity index (χ1n) is 4.54. The Morgan fingerprint density at radius 2 is 2.33 bits per heavy atom. The summed E-state index contributed by atoms with van der Waals surface area (Å²) in [6.45, 7) is 1.89. The average molecular weight is 206 g/mol. The van der Waals surface area contributed by atoms with Crippen molar-refractivity contribution >= 4 is 17.0 Å². The first-order chi connectivity index (χ1) is 7.13. The van der Waals surface area contributed by atoms with Crippen molar-refractivity contribution in [2.45, 2.75) is 13.3 Å². The molecule has 2 rings (SSSR count). The van der Waals surface area contributed by atoms with Gasteiger partial charge in [0.15, 0.2) is 0 Å². The Bertz CT molecular complexity index is 532. The number of rotatable bonds is 2. The molecule has 0 bridgehead atoms. The van der Waals surface area contributed by atoms with Gasteiger partial charge in [-0.1, -0.05) is 6.92 Å². The van der Waals surface area contributed by atoms with Gasteiger partial charge in [0.05, 0.1) is 0 Å². The van der Waals surface area contributed by atoms with Gasteiger partial charge in [-0.05, 0) is 22.0 Å². The number of hydrogen-bond acceptors (Lipinski definition) is 4. The topological polar surface area (TPSA) is 86.5 Å². The second-order valence-corrected chi connectivity index (χ2v) is 3.18. The summed E-state index contributed by atoms with van der Waals surface area (Å²) >= 11 is 0. The second-order valence-electron chi connectivity index (χ2n) is 3.18. The molecule has 0 aliphatic heterocycles. The van der Waals surface area contributed by atoms with Crippen LogP contribution >= 0.6 is 0 Å². The molecule has 0 spiro atoms. The van der Waals surface area contributed by atoms with E-state index in [0.29, 0.717) is 23.4 Å². The Labute approximate surface area is 85.5 Å². The van der Waals surface area contributed by atoms with Crippen molar-refractivity contribution in [3.63, 3.8) is 0 Å². The quantitative estimate of drug-likeness (QED) is 0.594. The van der Waals surface area contributed by atoms with Crippen LogP contribution in [0.2, 0.25) is 0 Å². The summed E-state index contributed by atoms with van der Waals surface area (Å²) < 4.78 is 1.66. The lowest BCUT2D eigenvalue weighted by molar-refractivity contribution is -0.387. The number of pyridine rings is 1. The number of fused-ring (bicyclic) bond motifs is 1. The lowest BCUT2D eigenvalue weighted by Crippen LogP contribution is -1.94. The predicted molar refractivity (Wildman–Crippen MR) is 55.6 cm³/mol. The van der Waals surface area contributed by atoms with Crippen molar-refractivity contribution in [3.05, 3.63) is 34.3 Å². The summed E-state index contributed by atoms with van der Waals surface area (Å²) in [6, 6.07) is 3.24. The molecule has 0 saturated carbocycles. The normalized spacial score (nSPS) is 10.7. The molecule has 6 heteroatoms. The third kappa shape index (κ3) is 1.39. The van der Waals surface area contributed by atoms with Crippen LogP contribution in [0, 0.1) is 10.1 Å². The van der Waals surface area contributed by atoms with Crippen LogP contribution in [0.25, 0.3) is 5.52 Å². The molecule has 0 aliphatic rings. The minimum absolute atomic E-state index is 0.119. The van der Waals surface area contributed by atoms with E-state index < -0.39 is 4.92 Å². The van der Waals surface area contributed by atoms with E-state index in [0.717, 1.165) is 0 Å². The van der Waals surface area contributed by atoms with Gasteiger partial charge in [-0.15, -0.1) is 0 Å². The highest BCUT2D eigenvalue weighted by Gasteiger charge is 2.20. The van der Waals surface area contributed by atoms with Gasteiger partial charge in [-0.3, -0.25) is 4.40 Å². The summed E-state index contributed by atoms with van der Waals surface area (Å²) in [6.07, 6.45) is 2.27. The molecular weight excluding hydrogens is 196 g/mol. The maximum absolute atomic E-state index is 10.7. The zero-order chi connectivity index (χ0) is 11.0. The van der Waals surface area contributed by atoms with E-state index in [1.165, 1.54) is 0 Å². The molecule has 0 aromatic carbocycles. The van der Waals surface area contributed by atoms with Crippen LogP contribution in [0.3, 0.4) is 0 Å². The lowest BCUT2D eigenvalue weighted by atomic mass is 10.3. The molecule has 2 heterocycles. The maximum Gasteiger partial charge on any atom is 0.389 e. The molecule has 0 aliphatic carbocycles. The average Bonchev–Trinajstić information content (AvgIpc) is 2.55. The minimum atomic E-state index is -0.481. The van der Waals surface area contributed by atoms with Crippen molar-refractivity contribution < 1.29 is 4.92 Å². The highest BCUT2D eigenvalue weighted by atomic mass is 16.6. The molecule has 2 aromatic heterocycles. The van der Waals surface area contributed by atoms with Gasteiger partial charge in [0.2, 0.25) is 5.82 Å². The molecule has 6 nitrogen and oxygen atoms in total. The molecule has 0 atom stereocenters. The molecule has 0 saturated heterocycles. The number of aryl methyl sites for hydroxylation is 1. The Hall–Kier alpha value is -2.11. The number of anilines is 1. The van der Waals surface area contributed by atoms with Gasteiger partial charge in [-0.25, -0.2) is 0 Å². The number of nitro groups is 1. The van der Waals surface area contributed by atoms with Crippen LogP contribution in [-0.4, -0.2) is 14.3 Å². The van der Waals surface area contributed by atoms with Crippen LogP contribution in [0.5, 0.6) is 0 Å². The first-order valence-corrected chi connectivity index (χ1v) is 4.54. The van der Waals surface area contributed by atoms with E-state index in [1.807, 2.05) is 6.92 Å². The smallest absolute Gasteiger partial charge is 0.389 e. The summed E-state index contributed by atoms with van der Waals surface area (Å²) in [5.74, 6) is 0.524. The van der Waals surface area contributed by atoms with Crippen molar-refractivity contribution in [2.75, 3.05) is 5.73 Å². The summed E-state index contributed by atoms with van der Waals surface area (Å²) in [5, 5.41) is 10.7. The number of nitrogens with two attached hydrogens (primary N) is 1. The van der Waals surface area contributed by atoms with Crippen LogP contribution < -0.4 is 5.73 Å². The number of imidazole rings is 1. The van der Waals surface area contributed by atoms with Gasteiger partial charge < -0.3 is 15.8 Å². The van der Waals surface area contributed by atoms with Crippen molar-refractivity contribution in [1.82, 2.24) is 9.38 Å². The van der Waals surface area contributed by atoms with E-state index in [-0.39, 0.29) is 5.82 Å². The zero-order valence-electron chi connectivity index (χ0n) is 8.17. The van der Waals surface area contributed by atoms with Gasteiger partial charge in [0.1, 0.15) is 5.52 Å². The molecule has 2 N–H and O–H groups in total. The summed E-state index contributed by atoms with van der Waals surface area (Å²) in [5.41, 5.74) is 6.65. The molecule has 0 radical (unpaired) electrons. The zero-order valence-corrected chi connectivity index (χ0v) is 8.17. The second kappa shape index (κ2) is 3.23. The Kier molecular flexibility index (Phi) is 2.03. The highest BCUT2D eigenvalue weighted by Crippen LogP contribution is 2.21. The van der Waals surface area contributed by atoms with E-state index in [4.69, 9.17) is 5.73 Å². The predicted octanol–water partition coefficient (Wildman–Crippen LogP) is 1.39. The van der Waals surface area contributed by atoms with Crippen LogP contribution in [0.15, 0.2) is 18.3 Å². The first kappa shape index (κ1) is 9.45. The van der Waals surface area contributed by atoms with Crippen molar-refractivity contribution in [3.8, 4) is 0 Å².